The molecule has 0 unspecified atom stereocenters. The number of ether oxygens (including phenoxy) is 1. The van der Waals surface area contributed by atoms with Crippen molar-refractivity contribution >= 4 is 21.6 Å². The molecule has 1 N–H and O–H groups in total. The average molecular weight is 378 g/mol. The van der Waals surface area contributed by atoms with Gasteiger partial charge in [-0.2, -0.15) is 0 Å². The number of anilines is 1. The van der Waals surface area contributed by atoms with Crippen LogP contribution >= 0.6 is 0 Å². The van der Waals surface area contributed by atoms with Gasteiger partial charge in [-0.05, 0) is 62.8 Å². The first kappa shape index (κ1) is 17.9. The van der Waals surface area contributed by atoms with Crippen molar-refractivity contribution in [2.45, 2.75) is 62.5 Å². The Morgan fingerprint density at radius 1 is 1.27 bits per heavy atom. The van der Waals surface area contributed by atoms with Crippen LogP contribution in [0.2, 0.25) is 0 Å². The summed E-state index contributed by atoms with van der Waals surface area (Å²) in [4.78, 5) is 14.8. The van der Waals surface area contributed by atoms with Gasteiger partial charge < -0.3 is 9.64 Å². The predicted molar refractivity (Wildman–Crippen MR) is 98.6 cm³/mol. The summed E-state index contributed by atoms with van der Waals surface area (Å²) in [6.45, 7) is 3.04. The van der Waals surface area contributed by atoms with Gasteiger partial charge in [0.25, 0.3) is 0 Å². The highest BCUT2D eigenvalue weighted by atomic mass is 32.2. The molecule has 6 nitrogen and oxygen atoms in total. The summed E-state index contributed by atoms with van der Waals surface area (Å²) < 4.78 is 33.3. The number of hydrogen-bond donors (Lipinski definition) is 1. The standard InChI is InChI=1S/C19H26N2O4S/c1-13-10-15-11-17(26(23,24)20-12-16-6-3-9-25-16)7-8-18(15)21(13)19(22)14-4-2-5-14/h7-8,11,13-14,16,20H,2-6,9-10,12H2,1H3/t13-,16-/m0/s1. The first-order valence-electron chi connectivity index (χ1n) is 9.53. The van der Waals surface area contributed by atoms with E-state index in [1.807, 2.05) is 11.8 Å². The lowest BCUT2D eigenvalue weighted by Crippen LogP contribution is -2.42. The maximum absolute atomic E-state index is 12.7. The van der Waals surface area contributed by atoms with Gasteiger partial charge in [-0.25, -0.2) is 13.1 Å². The molecule has 0 aromatic heterocycles. The van der Waals surface area contributed by atoms with Crippen molar-refractivity contribution in [1.29, 1.82) is 0 Å². The highest BCUT2D eigenvalue weighted by Crippen LogP contribution is 2.38. The second kappa shape index (κ2) is 6.94. The maximum atomic E-state index is 12.7. The van der Waals surface area contributed by atoms with E-state index in [1.54, 1.807) is 18.2 Å². The zero-order chi connectivity index (χ0) is 18.3. The Morgan fingerprint density at radius 2 is 2.08 bits per heavy atom. The molecule has 2 atom stereocenters. The molecule has 0 radical (unpaired) electrons. The fourth-order valence-corrected chi connectivity index (χ4v) is 5.17. The van der Waals surface area contributed by atoms with Crippen LogP contribution in [0.5, 0.6) is 0 Å². The fraction of sp³-hybridized carbons (Fsp3) is 0.632. The first-order valence-corrected chi connectivity index (χ1v) is 11.0. The van der Waals surface area contributed by atoms with E-state index in [4.69, 9.17) is 4.74 Å². The molecule has 0 bridgehead atoms. The van der Waals surface area contributed by atoms with Gasteiger partial charge in [0.1, 0.15) is 0 Å². The summed E-state index contributed by atoms with van der Waals surface area (Å²) in [5, 5.41) is 0. The highest BCUT2D eigenvalue weighted by molar-refractivity contribution is 7.89. The van der Waals surface area contributed by atoms with Crippen LogP contribution in [0.3, 0.4) is 0 Å². The molecule has 7 heteroatoms. The van der Waals surface area contributed by atoms with Gasteiger partial charge in [0.2, 0.25) is 15.9 Å². The molecule has 1 aromatic rings. The minimum absolute atomic E-state index is 0.0326. The number of fused-ring (bicyclic) bond motifs is 1. The summed E-state index contributed by atoms with van der Waals surface area (Å²) in [6, 6.07) is 5.19. The quantitative estimate of drug-likeness (QED) is 0.852. The molecule has 0 spiro atoms. The van der Waals surface area contributed by atoms with E-state index in [2.05, 4.69) is 4.72 Å². The largest absolute Gasteiger partial charge is 0.377 e. The molecule has 2 heterocycles. The van der Waals surface area contributed by atoms with Crippen LogP contribution in [0.15, 0.2) is 23.1 Å². The Bertz CT molecular complexity index is 798. The third kappa shape index (κ3) is 3.28. The Hall–Kier alpha value is -1.44. The molecule has 3 aliphatic rings. The summed E-state index contributed by atoms with van der Waals surface area (Å²) in [7, 11) is -3.57. The molecule has 1 amide bonds. The molecule has 1 saturated carbocycles. The van der Waals surface area contributed by atoms with Crippen LogP contribution in [-0.2, 0) is 26.0 Å². The third-order valence-corrected chi connectivity index (χ3v) is 7.21. The molecule has 1 aromatic carbocycles. The number of carbonyl (C=O) groups excluding carboxylic acids is 1. The minimum atomic E-state index is -3.57. The van der Waals surface area contributed by atoms with Crippen LogP contribution in [0.4, 0.5) is 5.69 Å². The Labute approximate surface area is 155 Å². The maximum Gasteiger partial charge on any atom is 0.240 e. The second-order valence-electron chi connectivity index (χ2n) is 7.67. The Balaban J connectivity index is 1.51. The molecule has 1 saturated heterocycles. The highest BCUT2D eigenvalue weighted by Gasteiger charge is 2.37. The summed E-state index contributed by atoms with van der Waals surface area (Å²) in [6.07, 6.45) is 5.60. The van der Waals surface area contributed by atoms with Gasteiger partial charge in [0.15, 0.2) is 0 Å². The number of hydrogen-bond acceptors (Lipinski definition) is 4. The van der Waals surface area contributed by atoms with Crippen molar-refractivity contribution in [3.05, 3.63) is 23.8 Å². The molecule has 4 rings (SSSR count). The average Bonchev–Trinajstić information content (AvgIpc) is 3.17. The predicted octanol–water partition coefficient (Wildman–Crippen LogP) is 2.22. The summed E-state index contributed by atoms with van der Waals surface area (Å²) in [5.41, 5.74) is 1.80. The van der Waals surface area contributed by atoms with Gasteiger partial charge in [0, 0.05) is 30.8 Å². The monoisotopic (exact) mass is 378 g/mol. The second-order valence-corrected chi connectivity index (χ2v) is 9.43. The van der Waals surface area contributed by atoms with Crippen molar-refractivity contribution < 1.29 is 17.9 Å². The SMILES string of the molecule is C[C@H]1Cc2cc(S(=O)(=O)NC[C@@H]3CCCO3)ccc2N1C(=O)C1CCC1. The van der Waals surface area contributed by atoms with Crippen LogP contribution in [-0.4, -0.2) is 39.6 Å². The van der Waals surface area contributed by atoms with E-state index in [9.17, 15) is 13.2 Å². The van der Waals surface area contributed by atoms with Gasteiger partial charge in [-0.1, -0.05) is 6.42 Å². The van der Waals surface area contributed by atoms with Crippen LogP contribution in [0.25, 0.3) is 0 Å². The van der Waals surface area contributed by atoms with E-state index in [-0.39, 0.29) is 28.9 Å². The molecule has 142 valence electrons. The topological polar surface area (TPSA) is 75.7 Å². The number of nitrogens with zero attached hydrogens (tertiary/aromatic N) is 1. The van der Waals surface area contributed by atoms with E-state index in [0.29, 0.717) is 19.6 Å². The minimum Gasteiger partial charge on any atom is -0.377 e. The lowest BCUT2D eigenvalue weighted by atomic mass is 9.84. The van der Waals surface area contributed by atoms with Crippen molar-refractivity contribution in [2.75, 3.05) is 18.1 Å². The number of benzene rings is 1. The summed E-state index contributed by atoms with van der Waals surface area (Å²) >= 11 is 0. The number of rotatable bonds is 5. The molecule has 1 aliphatic carbocycles. The van der Waals surface area contributed by atoms with E-state index >= 15 is 0 Å². The van der Waals surface area contributed by atoms with Crippen molar-refractivity contribution in [3.8, 4) is 0 Å². The van der Waals surface area contributed by atoms with Crippen LogP contribution in [0.1, 0.15) is 44.6 Å². The normalized spacial score (nSPS) is 26.0. The summed E-state index contributed by atoms with van der Waals surface area (Å²) in [5.74, 6) is 0.328. The zero-order valence-corrected chi connectivity index (χ0v) is 15.9. The first-order chi connectivity index (χ1) is 12.5. The lowest BCUT2D eigenvalue weighted by Gasteiger charge is -2.32. The van der Waals surface area contributed by atoms with Gasteiger partial charge in [0.05, 0.1) is 11.0 Å². The van der Waals surface area contributed by atoms with Gasteiger partial charge in [-0.15, -0.1) is 0 Å². The molecule has 26 heavy (non-hydrogen) atoms. The molecular weight excluding hydrogens is 352 g/mol. The molecule has 2 aliphatic heterocycles. The van der Waals surface area contributed by atoms with Crippen molar-refractivity contribution in [3.63, 3.8) is 0 Å². The van der Waals surface area contributed by atoms with E-state index in [0.717, 1.165) is 43.4 Å². The van der Waals surface area contributed by atoms with Crippen LogP contribution in [0, 0.1) is 5.92 Å². The molecule has 2 fully saturated rings. The van der Waals surface area contributed by atoms with Gasteiger partial charge >= 0.3 is 0 Å². The Kier molecular flexibility index (Phi) is 4.79. The Morgan fingerprint density at radius 3 is 2.73 bits per heavy atom. The fourth-order valence-electron chi connectivity index (χ4n) is 4.05. The van der Waals surface area contributed by atoms with E-state index in [1.165, 1.54) is 0 Å². The number of nitrogens with one attached hydrogen (secondary N) is 1. The van der Waals surface area contributed by atoms with Crippen molar-refractivity contribution in [1.82, 2.24) is 4.72 Å². The lowest BCUT2D eigenvalue weighted by molar-refractivity contribution is -0.125. The number of carbonyl (C=O) groups is 1. The zero-order valence-electron chi connectivity index (χ0n) is 15.1. The van der Waals surface area contributed by atoms with Crippen molar-refractivity contribution in [2.24, 2.45) is 5.92 Å². The third-order valence-electron chi connectivity index (χ3n) is 5.79. The number of amides is 1. The van der Waals surface area contributed by atoms with Crippen LogP contribution < -0.4 is 9.62 Å². The number of sulfonamides is 1. The smallest absolute Gasteiger partial charge is 0.240 e. The van der Waals surface area contributed by atoms with E-state index < -0.39 is 10.0 Å². The molecular formula is C19H26N2O4S. The van der Waals surface area contributed by atoms with Gasteiger partial charge in [-0.3, -0.25) is 4.79 Å².